The van der Waals surface area contributed by atoms with Crippen LogP contribution in [-0.2, 0) is 16.4 Å². The van der Waals surface area contributed by atoms with Gasteiger partial charge < -0.3 is 4.74 Å². The maximum absolute atomic E-state index is 12.5. The minimum Gasteiger partial charge on any atom is -0.481 e. The third kappa shape index (κ3) is 4.00. The Hall–Kier alpha value is -1.56. The van der Waals surface area contributed by atoms with E-state index in [0.29, 0.717) is 10.1 Å². The van der Waals surface area contributed by atoms with Crippen LogP contribution >= 0.6 is 34.7 Å². The Morgan fingerprint density at radius 2 is 2.20 bits per heavy atom. The van der Waals surface area contributed by atoms with Crippen LogP contribution in [0, 0.1) is 0 Å². The van der Waals surface area contributed by atoms with Gasteiger partial charge in [-0.05, 0) is 6.42 Å². The molecule has 2 aromatic rings. The van der Waals surface area contributed by atoms with Gasteiger partial charge in [0.05, 0.1) is 7.11 Å². The normalized spacial score (nSPS) is 16.4. The summed E-state index contributed by atoms with van der Waals surface area (Å²) < 4.78 is 31.8. The van der Waals surface area contributed by atoms with Crippen molar-refractivity contribution in [3.05, 3.63) is 21.5 Å². The predicted octanol–water partition coefficient (Wildman–Crippen LogP) is 2.75. The molecule has 1 aliphatic heterocycles. The maximum atomic E-state index is 12.5. The van der Waals surface area contributed by atoms with E-state index < -0.39 is 16.1 Å². The van der Waals surface area contributed by atoms with Crippen molar-refractivity contribution in [2.45, 2.75) is 28.4 Å². The summed E-state index contributed by atoms with van der Waals surface area (Å²) in [6, 6.07) is 0.370. The second kappa shape index (κ2) is 6.98. The molecule has 0 spiro atoms. The molecule has 0 aliphatic carbocycles. The average Bonchev–Trinajstić information content (AvgIpc) is 3.04. The fourth-order valence-corrected chi connectivity index (χ4v) is 6.76. The van der Waals surface area contributed by atoms with Crippen molar-refractivity contribution in [2.24, 2.45) is 0 Å². The number of hydrogen-bond acceptors (Lipinski definition) is 8. The second-order valence-corrected chi connectivity index (χ2v) is 9.55. The molecule has 0 bridgehead atoms. The van der Waals surface area contributed by atoms with Crippen LogP contribution in [0.3, 0.4) is 0 Å². The van der Waals surface area contributed by atoms with E-state index in [1.807, 2.05) is 11.6 Å². The summed E-state index contributed by atoms with van der Waals surface area (Å²) in [5.41, 5.74) is 0. The number of amides is 2. The Morgan fingerprint density at radius 3 is 2.92 bits per heavy atom. The molecule has 1 unspecified atom stereocenters. The van der Waals surface area contributed by atoms with Gasteiger partial charge in [-0.2, -0.15) is 4.98 Å². The first-order valence-electron chi connectivity index (χ1n) is 6.98. The van der Waals surface area contributed by atoms with Gasteiger partial charge in [-0.3, -0.25) is 5.32 Å². The van der Waals surface area contributed by atoms with Gasteiger partial charge in [0.1, 0.15) is 10.0 Å². The molecule has 25 heavy (non-hydrogen) atoms. The molecular weight excluding hydrogens is 408 g/mol. The zero-order chi connectivity index (χ0) is 18.2. The molecule has 1 aliphatic rings. The summed E-state index contributed by atoms with van der Waals surface area (Å²) in [7, 11) is -2.63. The van der Waals surface area contributed by atoms with Crippen molar-refractivity contribution in [3.8, 4) is 5.88 Å². The van der Waals surface area contributed by atoms with Crippen molar-refractivity contribution >= 4 is 56.7 Å². The quantitative estimate of drug-likeness (QED) is 0.731. The fraction of sp³-hybridized carbons (Fsp3) is 0.308. The first-order chi connectivity index (χ1) is 11.8. The molecule has 0 saturated heterocycles. The molecular formula is C13H13ClN4O4S3. The number of anilines is 1. The van der Waals surface area contributed by atoms with Crippen LogP contribution < -0.4 is 14.8 Å². The SMILES string of the molecule is COc1cc(Cl)nc(NC(=O)NS(=O)(=O)c2csc3c2SC(C)C3)n1. The second-order valence-electron chi connectivity index (χ2n) is 5.10. The molecule has 12 heteroatoms. The number of carbonyl (C=O) groups excluding carboxylic acids is 1. The number of methoxy groups -OCH3 is 1. The molecule has 0 radical (unpaired) electrons. The highest BCUT2D eigenvalue weighted by atomic mass is 35.5. The van der Waals surface area contributed by atoms with Crippen LogP contribution in [0.1, 0.15) is 11.8 Å². The first kappa shape index (κ1) is 18.2. The first-order valence-corrected chi connectivity index (χ1v) is 10.6. The number of thioether (sulfide) groups is 1. The van der Waals surface area contributed by atoms with Gasteiger partial charge in [-0.25, -0.2) is 22.9 Å². The molecule has 3 rings (SSSR count). The number of nitrogens with one attached hydrogen (secondary N) is 2. The third-order valence-corrected chi connectivity index (χ3v) is 7.44. The number of nitrogens with zero attached hydrogens (tertiary/aromatic N) is 2. The van der Waals surface area contributed by atoms with Crippen LogP contribution in [-0.4, -0.2) is 36.8 Å². The van der Waals surface area contributed by atoms with Crippen molar-refractivity contribution in [2.75, 3.05) is 12.4 Å². The highest BCUT2D eigenvalue weighted by Gasteiger charge is 2.30. The highest BCUT2D eigenvalue weighted by Crippen LogP contribution is 2.44. The number of ether oxygens (including phenoxy) is 1. The highest BCUT2D eigenvalue weighted by molar-refractivity contribution is 8.01. The summed E-state index contributed by atoms with van der Waals surface area (Å²) >= 11 is 8.65. The number of fused-ring (bicyclic) bond motifs is 1. The maximum Gasteiger partial charge on any atom is 0.335 e. The molecule has 134 valence electrons. The van der Waals surface area contributed by atoms with Crippen molar-refractivity contribution < 1.29 is 17.9 Å². The van der Waals surface area contributed by atoms with Gasteiger partial charge in [-0.15, -0.1) is 23.1 Å². The number of thiophene rings is 1. The number of sulfonamides is 1. The van der Waals surface area contributed by atoms with Gasteiger partial charge in [-0.1, -0.05) is 18.5 Å². The van der Waals surface area contributed by atoms with E-state index in [1.165, 1.54) is 41.7 Å². The number of halogens is 1. The van der Waals surface area contributed by atoms with Gasteiger partial charge in [0.2, 0.25) is 11.8 Å². The molecule has 0 saturated carbocycles. The van der Waals surface area contributed by atoms with Gasteiger partial charge in [0.15, 0.2) is 0 Å². The van der Waals surface area contributed by atoms with Gasteiger partial charge in [0.25, 0.3) is 10.0 Å². The Kier molecular flexibility index (Phi) is 5.09. The standard InChI is InChI=1S/C13H13ClN4O4S3/c1-6-3-7-11(24-6)8(5-23-7)25(20,21)18-13(19)17-12-15-9(14)4-10(16-12)22-2/h4-6H,3H2,1-2H3,(H2,15,16,17,18,19). The number of urea groups is 1. The number of hydrogen-bond donors (Lipinski definition) is 2. The zero-order valence-corrected chi connectivity index (χ0v) is 16.3. The number of aromatic nitrogens is 2. The summed E-state index contributed by atoms with van der Waals surface area (Å²) in [6.07, 6.45) is 0.822. The van der Waals surface area contributed by atoms with Crippen molar-refractivity contribution in [3.63, 3.8) is 0 Å². The van der Waals surface area contributed by atoms with E-state index in [1.54, 1.807) is 0 Å². The minimum atomic E-state index is -4.00. The average molecular weight is 421 g/mol. The zero-order valence-electron chi connectivity index (χ0n) is 13.1. The lowest BCUT2D eigenvalue weighted by atomic mass is 10.3. The molecule has 0 aromatic carbocycles. The number of rotatable bonds is 4. The molecule has 2 aromatic heterocycles. The van der Waals surface area contributed by atoms with Crippen LogP contribution in [0.4, 0.5) is 10.7 Å². The fourth-order valence-electron chi connectivity index (χ4n) is 2.18. The molecule has 2 amide bonds. The molecule has 3 heterocycles. The van der Waals surface area contributed by atoms with Crippen LogP contribution in [0.5, 0.6) is 5.88 Å². The monoisotopic (exact) mass is 420 g/mol. The van der Waals surface area contributed by atoms with E-state index in [-0.39, 0.29) is 21.9 Å². The molecule has 2 N–H and O–H groups in total. The topological polar surface area (TPSA) is 110 Å². The van der Waals surface area contributed by atoms with Gasteiger partial charge >= 0.3 is 6.03 Å². The van der Waals surface area contributed by atoms with Crippen molar-refractivity contribution in [1.82, 2.24) is 14.7 Å². The molecule has 8 nitrogen and oxygen atoms in total. The van der Waals surface area contributed by atoms with E-state index >= 15 is 0 Å². The lowest BCUT2D eigenvalue weighted by molar-refractivity contribution is 0.256. The predicted molar refractivity (Wildman–Crippen MR) is 96.3 cm³/mol. The number of carbonyl (C=O) groups is 1. The van der Waals surface area contributed by atoms with Gasteiger partial charge in [0, 0.05) is 26.5 Å². The lowest BCUT2D eigenvalue weighted by Gasteiger charge is -2.09. The Bertz CT molecular complexity index is 931. The third-order valence-electron chi connectivity index (χ3n) is 3.20. The molecule has 0 fully saturated rings. The summed E-state index contributed by atoms with van der Waals surface area (Å²) in [4.78, 5) is 21.5. The van der Waals surface area contributed by atoms with Crippen LogP contribution in [0.25, 0.3) is 0 Å². The van der Waals surface area contributed by atoms with Crippen LogP contribution in [0.2, 0.25) is 5.15 Å². The minimum absolute atomic E-state index is 0.0473. The summed E-state index contributed by atoms with van der Waals surface area (Å²) in [6.45, 7) is 2.03. The van der Waals surface area contributed by atoms with Crippen molar-refractivity contribution in [1.29, 1.82) is 0 Å². The van der Waals surface area contributed by atoms with E-state index in [0.717, 1.165) is 11.3 Å². The van der Waals surface area contributed by atoms with E-state index in [9.17, 15) is 13.2 Å². The lowest BCUT2D eigenvalue weighted by Crippen LogP contribution is -2.34. The van der Waals surface area contributed by atoms with E-state index in [4.69, 9.17) is 16.3 Å². The summed E-state index contributed by atoms with van der Waals surface area (Å²) in [5.74, 6) is -0.0326. The Labute approximate surface area is 157 Å². The van der Waals surface area contributed by atoms with E-state index in [2.05, 4.69) is 15.3 Å². The Balaban J connectivity index is 1.76. The van der Waals surface area contributed by atoms with Crippen LogP contribution in [0.15, 0.2) is 21.2 Å². The summed E-state index contributed by atoms with van der Waals surface area (Å²) in [5, 5.41) is 4.14. The molecule has 1 atom stereocenters. The largest absolute Gasteiger partial charge is 0.481 e. The smallest absolute Gasteiger partial charge is 0.335 e. The Morgan fingerprint density at radius 1 is 1.44 bits per heavy atom.